The normalized spacial score (nSPS) is 11.8. The highest BCUT2D eigenvalue weighted by molar-refractivity contribution is 8.00. The largest absolute Gasteiger partial charge is 0.497 e. The highest BCUT2D eigenvalue weighted by Crippen LogP contribution is 2.21. The van der Waals surface area contributed by atoms with Gasteiger partial charge in [-0.3, -0.25) is 9.59 Å². The summed E-state index contributed by atoms with van der Waals surface area (Å²) < 4.78 is 5.22. The standard InChI is InChI=1S/C24H32N2O3S/c1-5-22(24(28)25-15-18(2)3)26(16-19-11-13-20(29-4)14-12-19)23(27)17-30-21-9-7-6-8-10-21/h6-14,18,22H,5,15-17H2,1-4H3,(H,25,28)/t22-/m1/s1. The number of methoxy groups -OCH3 is 1. The van der Waals surface area contributed by atoms with E-state index in [9.17, 15) is 9.59 Å². The van der Waals surface area contributed by atoms with Gasteiger partial charge in [-0.15, -0.1) is 11.8 Å². The van der Waals surface area contributed by atoms with E-state index in [0.29, 0.717) is 25.4 Å². The Kier molecular flexibility index (Phi) is 9.74. The van der Waals surface area contributed by atoms with Crippen molar-refractivity contribution in [3.05, 3.63) is 60.2 Å². The topological polar surface area (TPSA) is 58.6 Å². The molecule has 5 nitrogen and oxygen atoms in total. The van der Waals surface area contributed by atoms with Gasteiger partial charge < -0.3 is 15.0 Å². The summed E-state index contributed by atoms with van der Waals surface area (Å²) in [4.78, 5) is 28.8. The lowest BCUT2D eigenvalue weighted by Crippen LogP contribution is -2.50. The zero-order chi connectivity index (χ0) is 21.9. The number of hydrogen-bond donors (Lipinski definition) is 1. The van der Waals surface area contributed by atoms with E-state index in [1.165, 1.54) is 11.8 Å². The van der Waals surface area contributed by atoms with E-state index < -0.39 is 6.04 Å². The van der Waals surface area contributed by atoms with E-state index in [0.717, 1.165) is 16.2 Å². The lowest BCUT2D eigenvalue weighted by Gasteiger charge is -2.31. The number of carbonyl (C=O) groups is 2. The number of hydrogen-bond acceptors (Lipinski definition) is 4. The number of rotatable bonds is 11. The van der Waals surface area contributed by atoms with Crippen LogP contribution in [0, 0.1) is 5.92 Å². The molecule has 2 aromatic carbocycles. The molecule has 162 valence electrons. The van der Waals surface area contributed by atoms with Gasteiger partial charge in [-0.25, -0.2) is 0 Å². The lowest BCUT2D eigenvalue weighted by molar-refractivity contribution is -0.139. The van der Waals surface area contributed by atoms with Crippen LogP contribution in [-0.4, -0.2) is 42.2 Å². The minimum Gasteiger partial charge on any atom is -0.497 e. The molecule has 0 aromatic heterocycles. The first-order valence-corrected chi connectivity index (χ1v) is 11.3. The molecule has 0 aliphatic rings. The van der Waals surface area contributed by atoms with Crippen LogP contribution in [0.3, 0.4) is 0 Å². The van der Waals surface area contributed by atoms with Crippen molar-refractivity contribution in [2.24, 2.45) is 5.92 Å². The van der Waals surface area contributed by atoms with Gasteiger partial charge >= 0.3 is 0 Å². The molecule has 0 fully saturated rings. The number of carbonyl (C=O) groups excluding carboxylic acids is 2. The first kappa shape index (κ1) is 23.8. The molecule has 1 atom stereocenters. The molecule has 0 spiro atoms. The SMILES string of the molecule is CC[C@H](C(=O)NCC(C)C)N(Cc1ccc(OC)cc1)C(=O)CSc1ccccc1. The van der Waals surface area contributed by atoms with Crippen molar-refractivity contribution >= 4 is 23.6 Å². The monoisotopic (exact) mass is 428 g/mol. The first-order valence-electron chi connectivity index (χ1n) is 10.3. The molecule has 0 aliphatic heterocycles. The van der Waals surface area contributed by atoms with Crippen LogP contribution in [0.25, 0.3) is 0 Å². The highest BCUT2D eigenvalue weighted by atomic mass is 32.2. The lowest BCUT2D eigenvalue weighted by atomic mass is 10.1. The second kappa shape index (κ2) is 12.3. The summed E-state index contributed by atoms with van der Waals surface area (Å²) >= 11 is 1.49. The first-order chi connectivity index (χ1) is 14.4. The molecule has 0 saturated carbocycles. The third-order valence-electron chi connectivity index (χ3n) is 4.69. The van der Waals surface area contributed by atoms with Crippen LogP contribution >= 0.6 is 11.8 Å². The molecule has 0 heterocycles. The quantitative estimate of drug-likeness (QED) is 0.540. The summed E-state index contributed by atoms with van der Waals surface area (Å²) in [5.74, 6) is 1.25. The predicted molar refractivity (Wildman–Crippen MR) is 123 cm³/mol. The highest BCUT2D eigenvalue weighted by Gasteiger charge is 2.28. The number of benzene rings is 2. The summed E-state index contributed by atoms with van der Waals surface area (Å²) in [7, 11) is 1.62. The van der Waals surface area contributed by atoms with Crippen molar-refractivity contribution in [2.45, 2.75) is 44.7 Å². The fourth-order valence-corrected chi connectivity index (χ4v) is 3.82. The molecule has 0 aliphatic carbocycles. The zero-order valence-electron chi connectivity index (χ0n) is 18.3. The van der Waals surface area contributed by atoms with E-state index >= 15 is 0 Å². The maximum absolute atomic E-state index is 13.2. The number of nitrogens with one attached hydrogen (secondary N) is 1. The molecule has 0 saturated heterocycles. The van der Waals surface area contributed by atoms with Crippen molar-refractivity contribution < 1.29 is 14.3 Å². The average molecular weight is 429 g/mol. The Bertz CT molecular complexity index is 794. The van der Waals surface area contributed by atoms with E-state index in [4.69, 9.17) is 4.74 Å². The molecule has 30 heavy (non-hydrogen) atoms. The van der Waals surface area contributed by atoms with Gasteiger partial charge in [0.05, 0.1) is 12.9 Å². The maximum atomic E-state index is 13.2. The molecule has 1 N–H and O–H groups in total. The molecular formula is C24H32N2O3S. The van der Waals surface area contributed by atoms with Crippen LogP contribution < -0.4 is 10.1 Å². The van der Waals surface area contributed by atoms with E-state index in [1.54, 1.807) is 12.0 Å². The third-order valence-corrected chi connectivity index (χ3v) is 5.68. The fraction of sp³-hybridized carbons (Fsp3) is 0.417. The number of thioether (sulfide) groups is 1. The molecule has 6 heteroatoms. The number of nitrogens with zero attached hydrogens (tertiary/aromatic N) is 1. The van der Waals surface area contributed by atoms with Crippen molar-refractivity contribution in [1.82, 2.24) is 10.2 Å². The van der Waals surface area contributed by atoms with Crippen LogP contribution in [0.1, 0.15) is 32.8 Å². The smallest absolute Gasteiger partial charge is 0.242 e. The summed E-state index contributed by atoms with van der Waals surface area (Å²) in [5, 5.41) is 2.99. The van der Waals surface area contributed by atoms with Crippen LogP contribution in [0.4, 0.5) is 0 Å². The molecule has 2 aromatic rings. The van der Waals surface area contributed by atoms with Crippen molar-refractivity contribution in [3.8, 4) is 5.75 Å². The predicted octanol–water partition coefficient (Wildman–Crippen LogP) is 4.37. The Balaban J connectivity index is 2.17. The van der Waals surface area contributed by atoms with Gasteiger partial charge in [0.15, 0.2) is 0 Å². The van der Waals surface area contributed by atoms with Crippen LogP contribution in [0.2, 0.25) is 0 Å². The molecule has 0 unspecified atom stereocenters. The molecule has 2 amide bonds. The Morgan fingerprint density at radius 1 is 1.07 bits per heavy atom. The van der Waals surface area contributed by atoms with Crippen molar-refractivity contribution in [2.75, 3.05) is 19.4 Å². The fourth-order valence-electron chi connectivity index (χ4n) is 3.01. The van der Waals surface area contributed by atoms with E-state index in [1.807, 2.05) is 61.5 Å². The molecule has 2 rings (SSSR count). The Labute approximate surface area is 184 Å². The molecule has 0 radical (unpaired) electrons. The van der Waals surface area contributed by atoms with Gasteiger partial charge in [0.2, 0.25) is 11.8 Å². The summed E-state index contributed by atoms with van der Waals surface area (Å²) in [6.45, 7) is 7.03. The van der Waals surface area contributed by atoms with Gasteiger partial charge in [0.25, 0.3) is 0 Å². The van der Waals surface area contributed by atoms with Crippen LogP contribution in [0.15, 0.2) is 59.5 Å². The van der Waals surface area contributed by atoms with Crippen molar-refractivity contribution in [1.29, 1.82) is 0 Å². The third kappa shape index (κ3) is 7.41. The van der Waals surface area contributed by atoms with E-state index in [-0.39, 0.29) is 17.6 Å². The second-order valence-corrected chi connectivity index (χ2v) is 8.58. The summed E-state index contributed by atoms with van der Waals surface area (Å²) in [6.07, 6.45) is 0.557. The maximum Gasteiger partial charge on any atom is 0.242 e. The average Bonchev–Trinajstić information content (AvgIpc) is 2.77. The van der Waals surface area contributed by atoms with Gasteiger partial charge in [-0.05, 0) is 42.2 Å². The summed E-state index contributed by atoms with van der Waals surface area (Å²) in [6, 6.07) is 16.9. The number of amides is 2. The summed E-state index contributed by atoms with van der Waals surface area (Å²) in [5.41, 5.74) is 0.962. The molecular weight excluding hydrogens is 396 g/mol. The van der Waals surface area contributed by atoms with Crippen LogP contribution in [-0.2, 0) is 16.1 Å². The Morgan fingerprint density at radius 3 is 2.30 bits per heavy atom. The minimum atomic E-state index is -0.505. The van der Waals surface area contributed by atoms with Gasteiger partial charge in [0.1, 0.15) is 11.8 Å². The Morgan fingerprint density at radius 2 is 1.73 bits per heavy atom. The Hall–Kier alpha value is -2.47. The van der Waals surface area contributed by atoms with Crippen molar-refractivity contribution in [3.63, 3.8) is 0 Å². The molecule has 0 bridgehead atoms. The van der Waals surface area contributed by atoms with Gasteiger partial charge in [0, 0.05) is 18.0 Å². The van der Waals surface area contributed by atoms with E-state index in [2.05, 4.69) is 19.2 Å². The number of ether oxygens (including phenoxy) is 1. The zero-order valence-corrected chi connectivity index (χ0v) is 19.1. The van der Waals surface area contributed by atoms with Gasteiger partial charge in [-0.1, -0.05) is 51.1 Å². The second-order valence-electron chi connectivity index (χ2n) is 7.53. The van der Waals surface area contributed by atoms with Gasteiger partial charge in [-0.2, -0.15) is 0 Å². The van der Waals surface area contributed by atoms with Crippen LogP contribution in [0.5, 0.6) is 5.75 Å². The minimum absolute atomic E-state index is 0.0498.